The zero-order valence-electron chi connectivity index (χ0n) is 12.0. The maximum absolute atomic E-state index is 12.2. The Balaban J connectivity index is 2.10. The van der Waals surface area contributed by atoms with Crippen LogP contribution in [-0.2, 0) is 4.79 Å². The van der Waals surface area contributed by atoms with Crippen molar-refractivity contribution >= 4 is 23.4 Å². The van der Waals surface area contributed by atoms with Crippen molar-refractivity contribution in [3.63, 3.8) is 0 Å². The molecular formula is C14H19N3O4. The average molecular weight is 293 g/mol. The van der Waals surface area contributed by atoms with Crippen LogP contribution in [0.3, 0.4) is 0 Å². The fourth-order valence-corrected chi connectivity index (χ4v) is 2.33. The van der Waals surface area contributed by atoms with E-state index in [4.69, 9.17) is 5.11 Å². The van der Waals surface area contributed by atoms with Crippen molar-refractivity contribution in [3.8, 4) is 0 Å². The standard InChI is InChI=1S/C14H19N3O4/c1-16(2)10-5-3-4-9(6-10)15-14(21)17-8-11(18)7-12(17)13(19)20/h3-6,11-12,18H,7-8H2,1-2H3,(H,15,21)(H,19,20)/t11-,12+/m1/s1. The van der Waals surface area contributed by atoms with E-state index in [-0.39, 0.29) is 13.0 Å². The Bertz CT molecular complexity index is 547. The molecule has 0 aliphatic carbocycles. The molecule has 0 bridgehead atoms. The van der Waals surface area contributed by atoms with Crippen LogP contribution in [-0.4, -0.2) is 59.9 Å². The Morgan fingerprint density at radius 3 is 2.71 bits per heavy atom. The number of urea groups is 1. The van der Waals surface area contributed by atoms with E-state index in [0.29, 0.717) is 5.69 Å². The number of nitrogens with zero attached hydrogens (tertiary/aromatic N) is 2. The number of amides is 2. The van der Waals surface area contributed by atoms with Gasteiger partial charge in [0, 0.05) is 38.4 Å². The summed E-state index contributed by atoms with van der Waals surface area (Å²) in [5.74, 6) is -1.11. The van der Waals surface area contributed by atoms with Gasteiger partial charge in [-0.1, -0.05) is 6.07 Å². The quantitative estimate of drug-likeness (QED) is 0.766. The van der Waals surface area contributed by atoms with Crippen molar-refractivity contribution in [3.05, 3.63) is 24.3 Å². The molecule has 0 unspecified atom stereocenters. The minimum Gasteiger partial charge on any atom is -0.480 e. The molecule has 7 nitrogen and oxygen atoms in total. The number of carbonyl (C=O) groups is 2. The predicted octanol–water partition coefficient (Wildman–Crippen LogP) is 0.804. The van der Waals surface area contributed by atoms with E-state index < -0.39 is 24.1 Å². The summed E-state index contributed by atoms with van der Waals surface area (Å²) in [6.45, 7) is 0.0240. The molecule has 2 amide bonds. The highest BCUT2D eigenvalue weighted by Crippen LogP contribution is 2.21. The number of hydrogen-bond acceptors (Lipinski definition) is 4. The van der Waals surface area contributed by atoms with Gasteiger partial charge in [-0.05, 0) is 18.2 Å². The number of aliphatic carboxylic acids is 1. The molecule has 1 aliphatic rings. The first-order valence-corrected chi connectivity index (χ1v) is 6.64. The molecule has 1 aromatic rings. The van der Waals surface area contributed by atoms with Gasteiger partial charge in [0.1, 0.15) is 6.04 Å². The molecule has 2 atom stereocenters. The third kappa shape index (κ3) is 3.43. The number of carbonyl (C=O) groups excluding carboxylic acids is 1. The average Bonchev–Trinajstić information content (AvgIpc) is 2.81. The van der Waals surface area contributed by atoms with Gasteiger partial charge in [0.25, 0.3) is 0 Å². The zero-order valence-corrected chi connectivity index (χ0v) is 12.0. The number of anilines is 2. The highest BCUT2D eigenvalue weighted by Gasteiger charge is 2.38. The van der Waals surface area contributed by atoms with Gasteiger partial charge in [-0.2, -0.15) is 0 Å². The number of likely N-dealkylation sites (tertiary alicyclic amines) is 1. The molecule has 1 saturated heterocycles. The second kappa shape index (κ2) is 6.01. The third-order valence-electron chi connectivity index (χ3n) is 3.44. The van der Waals surface area contributed by atoms with E-state index in [1.807, 2.05) is 25.1 Å². The molecule has 2 rings (SSSR count). The molecule has 7 heteroatoms. The van der Waals surface area contributed by atoms with E-state index in [9.17, 15) is 14.7 Å². The Morgan fingerprint density at radius 1 is 1.38 bits per heavy atom. The molecular weight excluding hydrogens is 274 g/mol. The normalized spacial score (nSPS) is 21.2. The summed E-state index contributed by atoms with van der Waals surface area (Å²) in [6, 6.07) is 5.72. The Kier molecular flexibility index (Phi) is 4.32. The summed E-state index contributed by atoms with van der Waals surface area (Å²) in [5, 5.41) is 21.3. The van der Waals surface area contributed by atoms with Gasteiger partial charge in [0.15, 0.2) is 0 Å². The maximum Gasteiger partial charge on any atom is 0.326 e. The molecule has 0 aromatic heterocycles. The van der Waals surface area contributed by atoms with E-state index in [1.54, 1.807) is 18.2 Å². The fraction of sp³-hybridized carbons (Fsp3) is 0.429. The van der Waals surface area contributed by atoms with Crippen molar-refractivity contribution in [2.45, 2.75) is 18.6 Å². The van der Waals surface area contributed by atoms with E-state index in [1.165, 1.54) is 0 Å². The minimum absolute atomic E-state index is 0.0240. The monoisotopic (exact) mass is 293 g/mol. The first-order valence-electron chi connectivity index (χ1n) is 6.64. The van der Waals surface area contributed by atoms with Gasteiger partial charge < -0.3 is 25.3 Å². The van der Waals surface area contributed by atoms with Crippen LogP contribution in [0.1, 0.15) is 6.42 Å². The summed E-state index contributed by atoms with van der Waals surface area (Å²) in [4.78, 5) is 26.3. The van der Waals surface area contributed by atoms with Crippen molar-refractivity contribution in [2.75, 3.05) is 30.9 Å². The van der Waals surface area contributed by atoms with Crippen LogP contribution in [0, 0.1) is 0 Å². The van der Waals surface area contributed by atoms with Gasteiger partial charge in [-0.25, -0.2) is 9.59 Å². The second-order valence-corrected chi connectivity index (χ2v) is 5.27. The molecule has 0 radical (unpaired) electrons. The van der Waals surface area contributed by atoms with Crippen LogP contribution in [0.4, 0.5) is 16.2 Å². The Morgan fingerprint density at radius 2 is 2.10 bits per heavy atom. The van der Waals surface area contributed by atoms with Gasteiger partial charge in [-0.15, -0.1) is 0 Å². The number of aliphatic hydroxyl groups excluding tert-OH is 1. The molecule has 1 aromatic carbocycles. The molecule has 1 fully saturated rings. The zero-order chi connectivity index (χ0) is 15.6. The minimum atomic E-state index is -1.11. The van der Waals surface area contributed by atoms with Crippen LogP contribution >= 0.6 is 0 Å². The van der Waals surface area contributed by atoms with Gasteiger partial charge in [-0.3, -0.25) is 0 Å². The van der Waals surface area contributed by atoms with Crippen molar-refractivity contribution < 1.29 is 19.8 Å². The summed E-state index contributed by atoms with van der Waals surface area (Å²) in [5.41, 5.74) is 1.50. The summed E-state index contributed by atoms with van der Waals surface area (Å²) >= 11 is 0. The lowest BCUT2D eigenvalue weighted by Crippen LogP contribution is -2.43. The maximum atomic E-state index is 12.2. The van der Waals surface area contributed by atoms with E-state index in [2.05, 4.69) is 5.32 Å². The highest BCUT2D eigenvalue weighted by molar-refractivity contribution is 5.93. The molecule has 0 spiro atoms. The van der Waals surface area contributed by atoms with Crippen LogP contribution in [0.5, 0.6) is 0 Å². The first-order chi connectivity index (χ1) is 9.88. The fourth-order valence-electron chi connectivity index (χ4n) is 2.33. The van der Waals surface area contributed by atoms with Crippen molar-refractivity contribution in [1.29, 1.82) is 0 Å². The summed E-state index contributed by atoms with van der Waals surface area (Å²) in [6.07, 6.45) is -0.745. The number of β-amino-alcohol motifs (C(OH)–C–C–N with tert-alkyl or cyclic N) is 1. The van der Waals surface area contributed by atoms with Crippen molar-refractivity contribution in [1.82, 2.24) is 4.90 Å². The molecule has 21 heavy (non-hydrogen) atoms. The lowest BCUT2D eigenvalue weighted by atomic mass is 10.2. The van der Waals surface area contributed by atoms with Crippen LogP contribution in [0.15, 0.2) is 24.3 Å². The van der Waals surface area contributed by atoms with Gasteiger partial charge in [0.2, 0.25) is 0 Å². The van der Waals surface area contributed by atoms with Crippen LogP contribution in [0.2, 0.25) is 0 Å². The number of aliphatic hydroxyl groups is 1. The number of hydrogen-bond donors (Lipinski definition) is 3. The van der Waals surface area contributed by atoms with Crippen LogP contribution < -0.4 is 10.2 Å². The van der Waals surface area contributed by atoms with Crippen LogP contribution in [0.25, 0.3) is 0 Å². The number of benzene rings is 1. The molecule has 1 aliphatic heterocycles. The van der Waals surface area contributed by atoms with E-state index >= 15 is 0 Å². The topological polar surface area (TPSA) is 93.1 Å². The molecule has 0 saturated carbocycles. The molecule has 114 valence electrons. The molecule has 1 heterocycles. The SMILES string of the molecule is CN(C)c1cccc(NC(=O)N2C[C@H](O)C[C@H]2C(=O)O)c1. The van der Waals surface area contributed by atoms with Crippen molar-refractivity contribution in [2.24, 2.45) is 0 Å². The second-order valence-electron chi connectivity index (χ2n) is 5.27. The predicted molar refractivity (Wildman–Crippen MR) is 78.5 cm³/mol. The number of nitrogens with one attached hydrogen (secondary N) is 1. The summed E-state index contributed by atoms with van der Waals surface area (Å²) in [7, 11) is 3.77. The lowest BCUT2D eigenvalue weighted by molar-refractivity contribution is -0.141. The number of carboxylic acid groups (broad SMARTS) is 1. The summed E-state index contributed by atoms with van der Waals surface area (Å²) < 4.78 is 0. The number of carboxylic acids is 1. The van der Waals surface area contributed by atoms with E-state index in [0.717, 1.165) is 10.6 Å². The van der Waals surface area contributed by atoms with Gasteiger partial charge in [0.05, 0.1) is 6.10 Å². The Hall–Kier alpha value is -2.28. The molecule has 3 N–H and O–H groups in total. The van der Waals surface area contributed by atoms with Gasteiger partial charge >= 0.3 is 12.0 Å². The Labute approximate surface area is 122 Å². The number of rotatable bonds is 3. The third-order valence-corrected chi connectivity index (χ3v) is 3.44. The smallest absolute Gasteiger partial charge is 0.326 e. The first kappa shape index (κ1) is 15.1. The lowest BCUT2D eigenvalue weighted by Gasteiger charge is -2.22. The largest absolute Gasteiger partial charge is 0.480 e. The highest BCUT2D eigenvalue weighted by atomic mass is 16.4.